The second-order valence-electron chi connectivity index (χ2n) is 7.42. The Balaban J connectivity index is 1.30. The van der Waals surface area contributed by atoms with Crippen LogP contribution in [-0.2, 0) is 24.3 Å². The first-order valence-corrected chi connectivity index (χ1v) is 9.54. The van der Waals surface area contributed by atoms with Crippen molar-refractivity contribution >= 4 is 5.91 Å². The fourth-order valence-corrected chi connectivity index (χ4v) is 4.25. The third-order valence-electron chi connectivity index (χ3n) is 5.72. The summed E-state index contributed by atoms with van der Waals surface area (Å²) in [6.07, 6.45) is 4.62. The number of benzene rings is 2. The Labute approximate surface area is 158 Å². The lowest BCUT2D eigenvalue weighted by atomic mass is 9.97. The summed E-state index contributed by atoms with van der Waals surface area (Å²) in [7, 11) is 0. The van der Waals surface area contributed by atoms with Crippen molar-refractivity contribution in [1.82, 2.24) is 14.9 Å². The number of carbonyl (C=O) groups excluding carboxylic acids is 1. The third-order valence-corrected chi connectivity index (χ3v) is 5.72. The van der Waals surface area contributed by atoms with Gasteiger partial charge in [-0.2, -0.15) is 0 Å². The SMILES string of the molecule is O=C(C[C@@H]1CCc2ccccc21)N1Cc2cnc(-c3ccccc3)nc2C1. The molecule has 0 spiro atoms. The van der Waals surface area contributed by atoms with Crippen LogP contribution in [0.15, 0.2) is 60.8 Å². The van der Waals surface area contributed by atoms with Crippen LogP contribution in [0.25, 0.3) is 11.4 Å². The lowest BCUT2D eigenvalue weighted by Gasteiger charge is -2.18. The third kappa shape index (κ3) is 3.01. The number of carbonyl (C=O) groups is 1. The van der Waals surface area contributed by atoms with Crippen LogP contribution in [0.5, 0.6) is 0 Å². The fraction of sp³-hybridized carbons (Fsp3) is 0.261. The molecule has 0 N–H and O–H groups in total. The zero-order chi connectivity index (χ0) is 18.2. The molecule has 0 fully saturated rings. The van der Waals surface area contributed by atoms with E-state index in [0.717, 1.165) is 35.5 Å². The van der Waals surface area contributed by atoms with Crippen LogP contribution < -0.4 is 0 Å². The van der Waals surface area contributed by atoms with E-state index in [1.54, 1.807) is 0 Å². The molecule has 1 aliphatic carbocycles. The minimum absolute atomic E-state index is 0.218. The molecular formula is C23H21N3O. The normalized spacial score (nSPS) is 17.6. The molecule has 5 rings (SSSR count). The highest BCUT2D eigenvalue weighted by Gasteiger charge is 2.30. The van der Waals surface area contributed by atoms with Crippen molar-refractivity contribution in [3.63, 3.8) is 0 Å². The molecule has 0 bridgehead atoms. The zero-order valence-electron chi connectivity index (χ0n) is 15.1. The Morgan fingerprint density at radius 1 is 1.00 bits per heavy atom. The Kier molecular flexibility index (Phi) is 3.97. The van der Waals surface area contributed by atoms with E-state index in [1.165, 1.54) is 11.1 Å². The van der Waals surface area contributed by atoms with Crippen molar-refractivity contribution in [2.24, 2.45) is 0 Å². The largest absolute Gasteiger partial charge is 0.332 e. The lowest BCUT2D eigenvalue weighted by molar-refractivity contribution is -0.132. The molecule has 2 aliphatic rings. The van der Waals surface area contributed by atoms with Crippen molar-refractivity contribution in [3.8, 4) is 11.4 Å². The molecule has 27 heavy (non-hydrogen) atoms. The van der Waals surface area contributed by atoms with Gasteiger partial charge in [0.1, 0.15) is 0 Å². The van der Waals surface area contributed by atoms with Crippen LogP contribution in [0.3, 0.4) is 0 Å². The van der Waals surface area contributed by atoms with Gasteiger partial charge in [0.25, 0.3) is 0 Å². The molecule has 4 nitrogen and oxygen atoms in total. The average molecular weight is 355 g/mol. The first kappa shape index (κ1) is 16.2. The summed E-state index contributed by atoms with van der Waals surface area (Å²) in [5.41, 5.74) is 5.80. The standard InChI is InChI=1S/C23H21N3O/c27-22(12-18-11-10-16-6-4-5-9-20(16)18)26-14-19-13-24-23(25-21(19)15-26)17-7-2-1-3-8-17/h1-9,13,18H,10-12,14-15H2/t18-/m0/s1. The number of amides is 1. The minimum Gasteiger partial charge on any atom is -0.332 e. The van der Waals surface area contributed by atoms with E-state index >= 15 is 0 Å². The highest BCUT2D eigenvalue weighted by molar-refractivity contribution is 5.78. The molecule has 1 atom stereocenters. The van der Waals surface area contributed by atoms with Crippen molar-refractivity contribution in [2.75, 3.05) is 0 Å². The van der Waals surface area contributed by atoms with E-state index in [2.05, 4.69) is 29.2 Å². The average Bonchev–Trinajstić information content (AvgIpc) is 3.32. The Bertz CT molecular complexity index is 1000. The maximum Gasteiger partial charge on any atom is 0.223 e. The first-order valence-electron chi connectivity index (χ1n) is 9.54. The van der Waals surface area contributed by atoms with Crippen LogP contribution in [-0.4, -0.2) is 20.8 Å². The summed E-state index contributed by atoms with van der Waals surface area (Å²) in [5.74, 6) is 1.30. The predicted molar refractivity (Wildman–Crippen MR) is 104 cm³/mol. The maximum atomic E-state index is 12.9. The van der Waals surface area contributed by atoms with E-state index in [-0.39, 0.29) is 5.91 Å². The topological polar surface area (TPSA) is 46.1 Å². The van der Waals surface area contributed by atoms with Crippen molar-refractivity contribution in [2.45, 2.75) is 38.3 Å². The first-order chi connectivity index (χ1) is 13.3. The molecule has 4 heteroatoms. The van der Waals surface area contributed by atoms with E-state index < -0.39 is 0 Å². The summed E-state index contributed by atoms with van der Waals surface area (Å²) in [4.78, 5) is 24.1. The van der Waals surface area contributed by atoms with Gasteiger partial charge in [-0.05, 0) is 29.9 Å². The molecule has 0 saturated carbocycles. The van der Waals surface area contributed by atoms with E-state index in [9.17, 15) is 4.79 Å². The summed E-state index contributed by atoms with van der Waals surface area (Å²) in [6.45, 7) is 1.21. The minimum atomic E-state index is 0.218. The molecule has 1 aromatic heterocycles. The van der Waals surface area contributed by atoms with Crippen LogP contribution >= 0.6 is 0 Å². The predicted octanol–water partition coefficient (Wildman–Crippen LogP) is 4.11. The molecule has 2 heterocycles. The number of nitrogens with zero attached hydrogens (tertiary/aromatic N) is 3. The zero-order valence-corrected chi connectivity index (χ0v) is 15.1. The van der Waals surface area contributed by atoms with Crippen molar-refractivity contribution < 1.29 is 4.79 Å². The van der Waals surface area contributed by atoms with Gasteiger partial charge < -0.3 is 4.90 Å². The van der Waals surface area contributed by atoms with Crippen LogP contribution in [0, 0.1) is 0 Å². The van der Waals surface area contributed by atoms with E-state index in [0.29, 0.717) is 25.4 Å². The molecule has 3 aromatic rings. The van der Waals surface area contributed by atoms with E-state index in [4.69, 9.17) is 4.98 Å². The maximum absolute atomic E-state index is 12.9. The van der Waals surface area contributed by atoms with Crippen LogP contribution in [0.2, 0.25) is 0 Å². The van der Waals surface area contributed by atoms with Crippen molar-refractivity contribution in [3.05, 3.63) is 83.2 Å². The van der Waals surface area contributed by atoms with Gasteiger partial charge in [0.15, 0.2) is 5.82 Å². The van der Waals surface area contributed by atoms with Gasteiger partial charge in [-0.3, -0.25) is 4.79 Å². The molecule has 0 saturated heterocycles. The van der Waals surface area contributed by atoms with Gasteiger partial charge in [0.05, 0.1) is 12.2 Å². The summed E-state index contributed by atoms with van der Waals surface area (Å²) >= 11 is 0. The quantitative estimate of drug-likeness (QED) is 0.710. The number of hydrogen-bond donors (Lipinski definition) is 0. The highest BCUT2D eigenvalue weighted by atomic mass is 16.2. The summed E-state index contributed by atoms with van der Waals surface area (Å²) in [5, 5.41) is 0. The van der Waals surface area contributed by atoms with Gasteiger partial charge in [-0.25, -0.2) is 9.97 Å². The molecule has 1 aliphatic heterocycles. The number of aromatic nitrogens is 2. The van der Waals surface area contributed by atoms with Crippen molar-refractivity contribution in [1.29, 1.82) is 0 Å². The molecule has 0 radical (unpaired) electrons. The molecule has 2 aromatic carbocycles. The lowest BCUT2D eigenvalue weighted by Crippen LogP contribution is -2.26. The van der Waals surface area contributed by atoms with Gasteiger partial charge >= 0.3 is 0 Å². The Morgan fingerprint density at radius 2 is 1.81 bits per heavy atom. The van der Waals surface area contributed by atoms with Crippen LogP contribution in [0.4, 0.5) is 0 Å². The highest BCUT2D eigenvalue weighted by Crippen LogP contribution is 2.36. The second-order valence-corrected chi connectivity index (χ2v) is 7.42. The van der Waals surface area contributed by atoms with Gasteiger partial charge in [-0.1, -0.05) is 54.6 Å². The van der Waals surface area contributed by atoms with Gasteiger partial charge in [-0.15, -0.1) is 0 Å². The number of aryl methyl sites for hydroxylation is 1. The smallest absolute Gasteiger partial charge is 0.223 e. The molecule has 1 amide bonds. The fourth-order valence-electron chi connectivity index (χ4n) is 4.25. The summed E-state index contributed by atoms with van der Waals surface area (Å²) < 4.78 is 0. The molecular weight excluding hydrogens is 334 g/mol. The number of rotatable bonds is 3. The van der Waals surface area contributed by atoms with E-state index in [1.807, 2.05) is 41.4 Å². The summed E-state index contributed by atoms with van der Waals surface area (Å²) in [6, 6.07) is 18.5. The Morgan fingerprint density at radius 3 is 2.70 bits per heavy atom. The second kappa shape index (κ2) is 6.62. The van der Waals surface area contributed by atoms with Gasteiger partial charge in [0.2, 0.25) is 5.91 Å². The number of fused-ring (bicyclic) bond motifs is 2. The van der Waals surface area contributed by atoms with Gasteiger partial charge in [0, 0.05) is 30.3 Å². The Hall–Kier alpha value is -3.01. The number of hydrogen-bond acceptors (Lipinski definition) is 3. The molecule has 0 unspecified atom stereocenters. The molecule has 134 valence electrons. The van der Waals surface area contributed by atoms with Crippen LogP contribution in [0.1, 0.15) is 41.1 Å². The monoisotopic (exact) mass is 355 g/mol.